The minimum Gasteiger partial charge on any atom is -0.379 e. The zero-order valence-corrected chi connectivity index (χ0v) is 17.8. The lowest BCUT2D eigenvalue weighted by Gasteiger charge is -2.22. The molecule has 2 N–H and O–H groups in total. The molecule has 1 saturated carbocycles. The summed E-state index contributed by atoms with van der Waals surface area (Å²) in [7, 11) is 2.03. The van der Waals surface area contributed by atoms with Gasteiger partial charge in [0.25, 0.3) is 5.91 Å². The first kappa shape index (κ1) is 22.2. The molecule has 0 aliphatic heterocycles. The maximum absolute atomic E-state index is 12.2. The quantitative estimate of drug-likeness (QED) is 0.347. The van der Waals surface area contributed by atoms with Crippen LogP contribution in [-0.2, 0) is 11.3 Å². The van der Waals surface area contributed by atoms with E-state index in [1.807, 2.05) is 38.2 Å². The van der Waals surface area contributed by atoms with Gasteiger partial charge in [-0.1, -0.05) is 19.1 Å². The number of amides is 1. The molecule has 0 aromatic heterocycles. The zero-order valence-electron chi connectivity index (χ0n) is 17.8. The topological polar surface area (TPSA) is 66.0 Å². The summed E-state index contributed by atoms with van der Waals surface area (Å²) in [6, 6.07) is 7.85. The van der Waals surface area contributed by atoms with Gasteiger partial charge in [-0.2, -0.15) is 0 Å². The van der Waals surface area contributed by atoms with Crippen molar-refractivity contribution in [3.63, 3.8) is 0 Å². The molecule has 156 valence electrons. The Bertz CT molecular complexity index is 626. The first-order valence-corrected chi connectivity index (χ1v) is 10.5. The van der Waals surface area contributed by atoms with Crippen LogP contribution in [0, 0.1) is 5.92 Å². The van der Waals surface area contributed by atoms with E-state index in [1.54, 1.807) is 0 Å². The van der Waals surface area contributed by atoms with Gasteiger partial charge in [0.15, 0.2) is 5.96 Å². The third kappa shape index (κ3) is 7.89. The highest BCUT2D eigenvalue weighted by atomic mass is 16.5. The van der Waals surface area contributed by atoms with E-state index in [1.165, 1.54) is 12.8 Å². The molecule has 0 radical (unpaired) electrons. The third-order valence-corrected chi connectivity index (χ3v) is 4.94. The summed E-state index contributed by atoms with van der Waals surface area (Å²) in [5, 5.41) is 6.32. The number of guanidine groups is 1. The molecule has 0 bridgehead atoms. The van der Waals surface area contributed by atoms with Crippen molar-refractivity contribution in [2.75, 3.05) is 33.4 Å². The van der Waals surface area contributed by atoms with Gasteiger partial charge in [0, 0.05) is 38.3 Å². The van der Waals surface area contributed by atoms with E-state index in [4.69, 9.17) is 9.73 Å². The van der Waals surface area contributed by atoms with Crippen LogP contribution in [0.2, 0.25) is 0 Å². The van der Waals surface area contributed by atoms with Crippen LogP contribution < -0.4 is 10.6 Å². The number of likely N-dealkylation sites (N-methyl/N-ethyl adjacent to an activating group) is 1. The van der Waals surface area contributed by atoms with Crippen LogP contribution in [0.5, 0.6) is 0 Å². The monoisotopic (exact) mass is 388 g/mol. The number of rotatable bonds is 11. The molecule has 1 amide bonds. The van der Waals surface area contributed by atoms with Crippen LogP contribution in [-0.4, -0.2) is 56.2 Å². The number of ether oxygens (including phenoxy) is 1. The number of nitrogens with one attached hydrogen (secondary N) is 2. The highest BCUT2D eigenvalue weighted by molar-refractivity contribution is 5.94. The second kappa shape index (κ2) is 11.7. The second-order valence-corrected chi connectivity index (χ2v) is 7.59. The molecule has 1 aromatic rings. The van der Waals surface area contributed by atoms with Gasteiger partial charge in [0.2, 0.25) is 0 Å². The molecule has 28 heavy (non-hydrogen) atoms. The number of carbonyl (C=O) groups excluding carboxylic acids is 1. The standard InChI is InChI=1S/C22H36N4O2/c1-5-17(3)25-21(27)20-11-9-18(10-12-20)15-24-22(23-6-2)26(4)13-14-28-16-19-7-8-19/h9-12,17,19H,5-8,13-16H2,1-4H3,(H,23,24)(H,25,27). The fourth-order valence-electron chi connectivity index (χ4n) is 2.65. The lowest BCUT2D eigenvalue weighted by atomic mass is 10.1. The minimum atomic E-state index is -0.0244. The van der Waals surface area contributed by atoms with Crippen molar-refractivity contribution in [3.8, 4) is 0 Å². The maximum atomic E-state index is 12.2. The van der Waals surface area contributed by atoms with Crippen molar-refractivity contribution in [3.05, 3.63) is 35.4 Å². The number of hydrogen-bond donors (Lipinski definition) is 2. The second-order valence-electron chi connectivity index (χ2n) is 7.59. The zero-order chi connectivity index (χ0) is 20.4. The molecule has 0 spiro atoms. The highest BCUT2D eigenvalue weighted by Crippen LogP contribution is 2.28. The summed E-state index contributed by atoms with van der Waals surface area (Å²) < 4.78 is 5.73. The predicted molar refractivity (Wildman–Crippen MR) is 115 cm³/mol. The van der Waals surface area contributed by atoms with Gasteiger partial charge in [-0.25, -0.2) is 4.99 Å². The Kier molecular flexibility index (Phi) is 9.28. The summed E-state index contributed by atoms with van der Waals surface area (Å²) in [5.74, 6) is 1.64. The number of aliphatic imine (C=N–C) groups is 1. The Labute approximate surface area is 169 Å². The van der Waals surface area contributed by atoms with E-state index >= 15 is 0 Å². The van der Waals surface area contributed by atoms with Crippen molar-refractivity contribution >= 4 is 11.9 Å². The van der Waals surface area contributed by atoms with E-state index in [0.29, 0.717) is 12.1 Å². The fraction of sp³-hybridized carbons (Fsp3) is 0.636. The summed E-state index contributed by atoms with van der Waals surface area (Å²) in [6.07, 6.45) is 3.56. The predicted octanol–water partition coefficient (Wildman–Crippen LogP) is 3.04. The molecular formula is C22H36N4O2. The molecule has 6 nitrogen and oxygen atoms in total. The highest BCUT2D eigenvalue weighted by Gasteiger charge is 2.21. The largest absolute Gasteiger partial charge is 0.379 e. The summed E-state index contributed by atoms with van der Waals surface area (Å²) in [5.41, 5.74) is 1.76. The van der Waals surface area contributed by atoms with Gasteiger partial charge in [-0.15, -0.1) is 0 Å². The molecule has 1 aliphatic carbocycles. The molecule has 0 saturated heterocycles. The first-order valence-electron chi connectivity index (χ1n) is 10.5. The van der Waals surface area contributed by atoms with Gasteiger partial charge in [0.05, 0.1) is 13.2 Å². The number of hydrogen-bond acceptors (Lipinski definition) is 3. The Balaban J connectivity index is 1.85. The summed E-state index contributed by atoms with van der Waals surface area (Å²) in [6.45, 7) is 9.95. The van der Waals surface area contributed by atoms with E-state index in [0.717, 1.165) is 50.2 Å². The van der Waals surface area contributed by atoms with E-state index < -0.39 is 0 Å². The lowest BCUT2D eigenvalue weighted by molar-refractivity contribution is 0.0939. The Hall–Kier alpha value is -2.08. The van der Waals surface area contributed by atoms with Gasteiger partial charge >= 0.3 is 0 Å². The van der Waals surface area contributed by atoms with Crippen LogP contribution >= 0.6 is 0 Å². The van der Waals surface area contributed by atoms with Crippen molar-refractivity contribution in [2.24, 2.45) is 10.9 Å². The van der Waals surface area contributed by atoms with Crippen molar-refractivity contribution in [1.29, 1.82) is 0 Å². The van der Waals surface area contributed by atoms with Crippen molar-refractivity contribution in [1.82, 2.24) is 15.5 Å². The van der Waals surface area contributed by atoms with Crippen LogP contribution in [0.3, 0.4) is 0 Å². The van der Waals surface area contributed by atoms with Gasteiger partial charge in [-0.05, 0) is 56.7 Å². The molecule has 1 atom stereocenters. The van der Waals surface area contributed by atoms with E-state index in [2.05, 4.69) is 29.4 Å². The first-order chi connectivity index (χ1) is 13.5. The average molecular weight is 389 g/mol. The smallest absolute Gasteiger partial charge is 0.251 e. The van der Waals surface area contributed by atoms with Crippen molar-refractivity contribution in [2.45, 2.75) is 52.6 Å². The molecular weight excluding hydrogens is 352 g/mol. The van der Waals surface area contributed by atoms with E-state index in [-0.39, 0.29) is 11.9 Å². The van der Waals surface area contributed by atoms with Gasteiger partial charge < -0.3 is 20.3 Å². The molecule has 1 aliphatic rings. The summed E-state index contributed by atoms with van der Waals surface area (Å²) >= 11 is 0. The Morgan fingerprint density at radius 2 is 2.00 bits per heavy atom. The van der Waals surface area contributed by atoms with Crippen LogP contribution in [0.4, 0.5) is 0 Å². The number of carbonyl (C=O) groups is 1. The molecule has 0 heterocycles. The number of nitrogens with zero attached hydrogens (tertiary/aromatic N) is 2. The number of benzene rings is 1. The lowest BCUT2D eigenvalue weighted by Crippen LogP contribution is -2.40. The normalized spacial score (nSPS) is 15.2. The molecule has 1 fully saturated rings. The molecule has 2 rings (SSSR count). The minimum absolute atomic E-state index is 0.0244. The van der Waals surface area contributed by atoms with Crippen LogP contribution in [0.1, 0.15) is 56.0 Å². The maximum Gasteiger partial charge on any atom is 0.251 e. The summed E-state index contributed by atoms with van der Waals surface area (Å²) in [4.78, 5) is 19.0. The van der Waals surface area contributed by atoms with Crippen LogP contribution in [0.15, 0.2) is 29.3 Å². The van der Waals surface area contributed by atoms with Crippen molar-refractivity contribution < 1.29 is 9.53 Å². The van der Waals surface area contributed by atoms with Gasteiger partial charge in [0.1, 0.15) is 0 Å². The Morgan fingerprint density at radius 3 is 2.61 bits per heavy atom. The van der Waals surface area contributed by atoms with E-state index in [9.17, 15) is 4.79 Å². The van der Waals surface area contributed by atoms with Gasteiger partial charge in [-0.3, -0.25) is 4.79 Å². The molecule has 1 unspecified atom stereocenters. The molecule has 1 aromatic carbocycles. The average Bonchev–Trinajstić information content (AvgIpc) is 3.53. The molecule has 6 heteroatoms. The fourth-order valence-corrected chi connectivity index (χ4v) is 2.65. The third-order valence-electron chi connectivity index (χ3n) is 4.94. The van der Waals surface area contributed by atoms with Crippen LogP contribution in [0.25, 0.3) is 0 Å². The SMILES string of the molecule is CCNC(=NCc1ccc(C(=O)NC(C)CC)cc1)N(C)CCOCC1CC1. The Morgan fingerprint density at radius 1 is 1.29 bits per heavy atom.